The average Bonchev–Trinajstić information content (AvgIpc) is 2.83. The summed E-state index contributed by atoms with van der Waals surface area (Å²) in [5.74, 6) is -0.874. The molecule has 2 rings (SSSR count). The molecule has 0 saturated heterocycles. The highest BCUT2D eigenvalue weighted by Crippen LogP contribution is 2.30. The van der Waals surface area contributed by atoms with Gasteiger partial charge in [0.1, 0.15) is 10.8 Å². The third kappa shape index (κ3) is 3.34. The van der Waals surface area contributed by atoms with E-state index < -0.39 is 11.9 Å². The molecule has 0 spiro atoms. The first kappa shape index (κ1) is 17.0. The summed E-state index contributed by atoms with van der Waals surface area (Å²) in [5, 5.41) is 6.65. The number of nitrogens with one attached hydrogen (secondary N) is 2. The van der Waals surface area contributed by atoms with E-state index in [9.17, 15) is 9.18 Å². The van der Waals surface area contributed by atoms with Crippen molar-refractivity contribution in [2.24, 2.45) is 0 Å². The first-order valence-electron chi connectivity index (χ1n) is 6.44. The SMILES string of the molecule is CNc1snc(C)c1C(=O)NC(C)c1cc(F)c(Cl)cc1Cl. The highest BCUT2D eigenvalue weighted by molar-refractivity contribution is 7.10. The second-order valence-electron chi connectivity index (χ2n) is 4.71. The maximum Gasteiger partial charge on any atom is 0.256 e. The fraction of sp³-hybridized carbons (Fsp3) is 0.286. The van der Waals surface area contributed by atoms with Crippen molar-refractivity contribution in [2.45, 2.75) is 19.9 Å². The van der Waals surface area contributed by atoms with Crippen molar-refractivity contribution in [3.05, 3.63) is 44.8 Å². The second kappa shape index (κ2) is 6.81. The summed E-state index contributed by atoms with van der Waals surface area (Å²) in [4.78, 5) is 12.4. The van der Waals surface area contributed by atoms with Crippen LogP contribution in [0.1, 0.15) is 34.6 Å². The number of carbonyl (C=O) groups excluding carboxylic acids is 1. The van der Waals surface area contributed by atoms with Crippen molar-refractivity contribution in [3.8, 4) is 0 Å². The molecule has 1 heterocycles. The Labute approximate surface area is 141 Å². The summed E-state index contributed by atoms with van der Waals surface area (Å²) in [6.45, 7) is 3.48. The van der Waals surface area contributed by atoms with E-state index >= 15 is 0 Å². The van der Waals surface area contributed by atoms with Crippen LogP contribution in [0.5, 0.6) is 0 Å². The van der Waals surface area contributed by atoms with Crippen LogP contribution < -0.4 is 10.6 Å². The summed E-state index contributed by atoms with van der Waals surface area (Å²) in [7, 11) is 1.72. The first-order chi connectivity index (χ1) is 10.3. The Balaban J connectivity index is 2.25. The Hall–Kier alpha value is -1.37. The highest BCUT2D eigenvalue weighted by Gasteiger charge is 2.21. The molecule has 0 aliphatic rings. The van der Waals surface area contributed by atoms with Crippen molar-refractivity contribution in [2.75, 3.05) is 12.4 Å². The number of halogens is 3. The van der Waals surface area contributed by atoms with E-state index in [2.05, 4.69) is 15.0 Å². The molecule has 0 saturated carbocycles. The Kier molecular flexibility index (Phi) is 5.26. The number of aromatic nitrogens is 1. The molecule has 2 N–H and O–H groups in total. The number of rotatable bonds is 4. The number of carbonyl (C=O) groups is 1. The molecule has 2 aromatic rings. The van der Waals surface area contributed by atoms with Crippen LogP contribution in [0, 0.1) is 12.7 Å². The molecular formula is C14H14Cl2FN3OS. The Morgan fingerprint density at radius 3 is 2.68 bits per heavy atom. The Morgan fingerprint density at radius 2 is 2.05 bits per heavy atom. The molecule has 118 valence electrons. The van der Waals surface area contributed by atoms with Crippen LogP contribution in [0.25, 0.3) is 0 Å². The van der Waals surface area contributed by atoms with Gasteiger partial charge in [0, 0.05) is 12.1 Å². The zero-order valence-electron chi connectivity index (χ0n) is 12.1. The largest absolute Gasteiger partial charge is 0.378 e. The number of hydrogen-bond donors (Lipinski definition) is 2. The number of aryl methyl sites for hydroxylation is 1. The lowest BCUT2D eigenvalue weighted by Crippen LogP contribution is -2.27. The van der Waals surface area contributed by atoms with E-state index in [0.29, 0.717) is 26.8 Å². The van der Waals surface area contributed by atoms with E-state index in [1.807, 2.05) is 0 Å². The summed E-state index contributed by atoms with van der Waals surface area (Å²) in [6, 6.07) is 2.08. The van der Waals surface area contributed by atoms with Crippen LogP contribution in [0.3, 0.4) is 0 Å². The maximum absolute atomic E-state index is 13.6. The lowest BCUT2D eigenvalue weighted by molar-refractivity contribution is 0.0940. The predicted octanol–water partition coefficient (Wildman–Crippen LogP) is 4.43. The van der Waals surface area contributed by atoms with E-state index in [1.54, 1.807) is 20.9 Å². The highest BCUT2D eigenvalue weighted by atomic mass is 35.5. The first-order valence-corrected chi connectivity index (χ1v) is 7.97. The van der Waals surface area contributed by atoms with Gasteiger partial charge in [0.15, 0.2) is 0 Å². The molecule has 1 aromatic heterocycles. The van der Waals surface area contributed by atoms with Gasteiger partial charge in [-0.05, 0) is 43.1 Å². The predicted molar refractivity (Wildman–Crippen MR) is 88.7 cm³/mol. The topological polar surface area (TPSA) is 54.0 Å². The van der Waals surface area contributed by atoms with Crippen molar-refractivity contribution in [1.82, 2.24) is 9.69 Å². The summed E-state index contributed by atoms with van der Waals surface area (Å²) in [6.07, 6.45) is 0. The minimum atomic E-state index is -0.577. The fourth-order valence-corrected chi connectivity index (χ4v) is 3.31. The van der Waals surface area contributed by atoms with Gasteiger partial charge in [-0.15, -0.1) is 0 Å². The van der Waals surface area contributed by atoms with Crippen LogP contribution in [0.15, 0.2) is 12.1 Å². The van der Waals surface area contributed by atoms with Gasteiger partial charge in [-0.2, -0.15) is 4.37 Å². The zero-order valence-corrected chi connectivity index (χ0v) is 14.5. The summed E-state index contributed by atoms with van der Waals surface area (Å²) in [5.41, 5.74) is 1.57. The van der Waals surface area contributed by atoms with E-state index in [1.165, 1.54) is 23.7 Å². The molecule has 1 amide bonds. The molecule has 0 aliphatic heterocycles. The lowest BCUT2D eigenvalue weighted by Gasteiger charge is -2.16. The maximum atomic E-state index is 13.6. The molecular weight excluding hydrogens is 348 g/mol. The normalized spacial score (nSPS) is 12.1. The van der Waals surface area contributed by atoms with Gasteiger partial charge in [0.05, 0.1) is 22.3 Å². The van der Waals surface area contributed by atoms with Gasteiger partial charge in [-0.25, -0.2) is 4.39 Å². The molecule has 4 nitrogen and oxygen atoms in total. The number of nitrogens with zero attached hydrogens (tertiary/aromatic N) is 1. The monoisotopic (exact) mass is 361 g/mol. The third-order valence-corrected chi connectivity index (χ3v) is 4.74. The van der Waals surface area contributed by atoms with Gasteiger partial charge >= 0.3 is 0 Å². The van der Waals surface area contributed by atoms with Crippen molar-refractivity contribution >= 4 is 45.6 Å². The van der Waals surface area contributed by atoms with E-state index in [-0.39, 0.29) is 10.9 Å². The van der Waals surface area contributed by atoms with Crippen LogP contribution in [-0.4, -0.2) is 17.3 Å². The van der Waals surface area contributed by atoms with Crippen molar-refractivity contribution < 1.29 is 9.18 Å². The number of benzene rings is 1. The second-order valence-corrected chi connectivity index (χ2v) is 6.29. The van der Waals surface area contributed by atoms with E-state index in [0.717, 1.165) is 0 Å². The Morgan fingerprint density at radius 1 is 1.36 bits per heavy atom. The number of anilines is 1. The lowest BCUT2D eigenvalue weighted by atomic mass is 10.1. The van der Waals surface area contributed by atoms with Crippen LogP contribution in [-0.2, 0) is 0 Å². The van der Waals surface area contributed by atoms with E-state index in [4.69, 9.17) is 23.2 Å². The fourth-order valence-electron chi connectivity index (χ4n) is 2.02. The van der Waals surface area contributed by atoms with Gasteiger partial charge in [0.2, 0.25) is 0 Å². The average molecular weight is 362 g/mol. The van der Waals surface area contributed by atoms with Crippen LogP contribution in [0.2, 0.25) is 10.0 Å². The molecule has 0 bridgehead atoms. The zero-order chi connectivity index (χ0) is 16.4. The van der Waals surface area contributed by atoms with Crippen molar-refractivity contribution in [1.29, 1.82) is 0 Å². The summed E-state index contributed by atoms with van der Waals surface area (Å²) >= 11 is 13.0. The van der Waals surface area contributed by atoms with Crippen LogP contribution >= 0.6 is 34.7 Å². The quantitative estimate of drug-likeness (QED) is 0.792. The minimum Gasteiger partial charge on any atom is -0.378 e. The van der Waals surface area contributed by atoms with Gasteiger partial charge in [0.25, 0.3) is 5.91 Å². The Bertz CT molecular complexity index is 720. The number of hydrogen-bond acceptors (Lipinski definition) is 4. The molecule has 0 aliphatic carbocycles. The molecule has 0 radical (unpaired) electrons. The molecule has 1 atom stereocenters. The molecule has 22 heavy (non-hydrogen) atoms. The van der Waals surface area contributed by atoms with Gasteiger partial charge in [-0.3, -0.25) is 4.79 Å². The molecule has 1 aromatic carbocycles. The third-order valence-electron chi connectivity index (χ3n) is 3.17. The standard InChI is InChI=1S/C14H14Cl2FN3OS/c1-6(8-4-11(17)10(16)5-9(8)15)19-13(21)12-7(2)20-22-14(12)18-3/h4-6,18H,1-3H3,(H,19,21). The smallest absolute Gasteiger partial charge is 0.256 e. The molecule has 8 heteroatoms. The van der Waals surface area contributed by atoms with Gasteiger partial charge < -0.3 is 10.6 Å². The minimum absolute atomic E-state index is 0.0531. The molecule has 0 fully saturated rings. The van der Waals surface area contributed by atoms with Gasteiger partial charge in [-0.1, -0.05) is 23.2 Å². The van der Waals surface area contributed by atoms with Crippen LogP contribution in [0.4, 0.5) is 9.39 Å². The number of amides is 1. The molecule has 1 unspecified atom stereocenters. The summed E-state index contributed by atoms with van der Waals surface area (Å²) < 4.78 is 17.7. The van der Waals surface area contributed by atoms with Crippen molar-refractivity contribution in [3.63, 3.8) is 0 Å².